The molecular formula is C74H144O17P2. The van der Waals surface area contributed by atoms with Crippen LogP contribution in [-0.4, -0.2) is 96.7 Å². The van der Waals surface area contributed by atoms with Gasteiger partial charge in [0.15, 0.2) is 12.2 Å². The van der Waals surface area contributed by atoms with Crippen molar-refractivity contribution in [2.45, 2.75) is 394 Å². The van der Waals surface area contributed by atoms with Gasteiger partial charge >= 0.3 is 39.5 Å². The molecule has 0 amide bonds. The third kappa shape index (κ3) is 64.5. The van der Waals surface area contributed by atoms with Crippen molar-refractivity contribution in [1.82, 2.24) is 0 Å². The second-order valence-corrected chi connectivity index (χ2v) is 30.3. The fraction of sp³-hybridized carbons (Fsp3) is 0.946. The molecule has 552 valence electrons. The maximum absolute atomic E-state index is 13.1. The summed E-state index contributed by atoms with van der Waals surface area (Å²) in [6.07, 6.45) is 50.1. The summed E-state index contributed by atoms with van der Waals surface area (Å²) in [6.45, 7) is 11.8. The van der Waals surface area contributed by atoms with Crippen LogP contribution in [-0.2, 0) is 65.4 Å². The number of hydrogen-bond acceptors (Lipinski definition) is 15. The van der Waals surface area contributed by atoms with E-state index in [9.17, 15) is 43.2 Å². The minimum Gasteiger partial charge on any atom is -0.462 e. The molecule has 0 rings (SSSR count). The van der Waals surface area contributed by atoms with Crippen molar-refractivity contribution < 1.29 is 80.2 Å². The number of phosphoric acid groups is 2. The molecule has 19 heteroatoms. The van der Waals surface area contributed by atoms with Gasteiger partial charge in [0, 0.05) is 25.7 Å². The topological polar surface area (TPSA) is 237 Å². The third-order valence-electron chi connectivity index (χ3n) is 18.2. The van der Waals surface area contributed by atoms with Gasteiger partial charge in [0.1, 0.15) is 19.3 Å². The van der Waals surface area contributed by atoms with E-state index in [1.165, 1.54) is 180 Å². The second kappa shape index (κ2) is 64.7. The summed E-state index contributed by atoms with van der Waals surface area (Å²) in [5.41, 5.74) is 0. The number of aliphatic hydroxyl groups is 1. The van der Waals surface area contributed by atoms with Crippen LogP contribution in [0, 0.1) is 17.8 Å². The van der Waals surface area contributed by atoms with Crippen molar-refractivity contribution >= 4 is 39.5 Å². The lowest BCUT2D eigenvalue weighted by Gasteiger charge is -2.21. The van der Waals surface area contributed by atoms with Crippen LogP contribution in [0.15, 0.2) is 0 Å². The fourth-order valence-electron chi connectivity index (χ4n) is 11.2. The molecule has 0 heterocycles. The van der Waals surface area contributed by atoms with Gasteiger partial charge in [-0.3, -0.25) is 37.3 Å². The van der Waals surface area contributed by atoms with E-state index in [1.807, 2.05) is 0 Å². The Morgan fingerprint density at radius 3 is 0.763 bits per heavy atom. The Morgan fingerprint density at radius 2 is 0.516 bits per heavy atom. The van der Waals surface area contributed by atoms with Gasteiger partial charge in [-0.2, -0.15) is 0 Å². The molecule has 0 aliphatic heterocycles. The zero-order valence-corrected chi connectivity index (χ0v) is 62.5. The zero-order valence-electron chi connectivity index (χ0n) is 60.7. The molecule has 0 fully saturated rings. The van der Waals surface area contributed by atoms with Crippen LogP contribution in [0.1, 0.15) is 376 Å². The molecule has 0 bridgehead atoms. The standard InChI is InChI=1S/C74H144O17P2/c1-8-12-13-14-15-16-25-29-32-41-48-55-71(76)84-61-69(90-73(78)57-50-43-33-30-27-24-22-20-18-17-19-21-23-26-28-31-38-45-52-65(5)9-2)63-88-92(80,81)86-59-68(75)60-87-93(82,83)89-64-70(91-74(79)58-51-44-37-35-40-47-54-67(7)11-4)62-85-72(77)56-49-42-36-34-39-46-53-66(6)10-3/h65-70,75H,8-64H2,1-7H3,(H,80,81)(H,82,83)/t65?,66?,67?,68-,69-,70-/m1/s1. The lowest BCUT2D eigenvalue weighted by molar-refractivity contribution is -0.161. The molecule has 0 aromatic rings. The van der Waals surface area contributed by atoms with Crippen LogP contribution < -0.4 is 0 Å². The van der Waals surface area contributed by atoms with Crippen LogP contribution in [0.5, 0.6) is 0 Å². The van der Waals surface area contributed by atoms with E-state index in [0.717, 1.165) is 114 Å². The number of esters is 4. The van der Waals surface area contributed by atoms with Crippen molar-refractivity contribution in [3.8, 4) is 0 Å². The number of hydrogen-bond donors (Lipinski definition) is 3. The van der Waals surface area contributed by atoms with Crippen molar-refractivity contribution in [3.05, 3.63) is 0 Å². The molecule has 0 aliphatic carbocycles. The first kappa shape index (κ1) is 91.1. The van der Waals surface area contributed by atoms with Crippen molar-refractivity contribution in [1.29, 1.82) is 0 Å². The van der Waals surface area contributed by atoms with Gasteiger partial charge in [-0.15, -0.1) is 0 Å². The summed E-state index contributed by atoms with van der Waals surface area (Å²) in [6, 6.07) is 0. The average Bonchev–Trinajstić information content (AvgIpc) is 3.61. The number of aliphatic hydroxyl groups excluding tert-OH is 1. The van der Waals surface area contributed by atoms with E-state index in [2.05, 4.69) is 48.5 Å². The Kier molecular flexibility index (Phi) is 63.4. The highest BCUT2D eigenvalue weighted by molar-refractivity contribution is 7.47. The van der Waals surface area contributed by atoms with Gasteiger partial charge in [0.05, 0.1) is 26.4 Å². The Hall–Kier alpha value is -1.94. The molecule has 0 aromatic heterocycles. The number of phosphoric ester groups is 2. The van der Waals surface area contributed by atoms with E-state index in [1.54, 1.807) is 0 Å². The molecule has 17 nitrogen and oxygen atoms in total. The Morgan fingerprint density at radius 1 is 0.301 bits per heavy atom. The van der Waals surface area contributed by atoms with Crippen LogP contribution in [0.3, 0.4) is 0 Å². The normalized spacial score (nSPS) is 15.0. The fourth-order valence-corrected chi connectivity index (χ4v) is 12.7. The summed E-state index contributed by atoms with van der Waals surface area (Å²) in [5.74, 6) is 0.196. The van der Waals surface area contributed by atoms with Crippen molar-refractivity contribution in [3.63, 3.8) is 0 Å². The summed E-state index contributed by atoms with van der Waals surface area (Å²) in [7, 11) is -9.90. The largest absolute Gasteiger partial charge is 0.472 e. The van der Waals surface area contributed by atoms with E-state index in [0.29, 0.717) is 25.7 Å². The lowest BCUT2D eigenvalue weighted by Crippen LogP contribution is -2.30. The highest BCUT2D eigenvalue weighted by atomic mass is 31.2. The van der Waals surface area contributed by atoms with E-state index in [-0.39, 0.29) is 25.7 Å². The van der Waals surface area contributed by atoms with Gasteiger partial charge in [0.2, 0.25) is 0 Å². The molecule has 0 radical (unpaired) electrons. The second-order valence-electron chi connectivity index (χ2n) is 27.4. The van der Waals surface area contributed by atoms with Crippen LogP contribution in [0.4, 0.5) is 0 Å². The van der Waals surface area contributed by atoms with Gasteiger partial charge < -0.3 is 33.8 Å². The van der Waals surface area contributed by atoms with Crippen LogP contribution in [0.2, 0.25) is 0 Å². The maximum Gasteiger partial charge on any atom is 0.472 e. The molecule has 0 aliphatic rings. The summed E-state index contributed by atoms with van der Waals surface area (Å²) < 4.78 is 68.3. The van der Waals surface area contributed by atoms with E-state index >= 15 is 0 Å². The van der Waals surface area contributed by atoms with Gasteiger partial charge in [0.25, 0.3) is 0 Å². The summed E-state index contributed by atoms with van der Waals surface area (Å²) in [4.78, 5) is 72.6. The van der Waals surface area contributed by atoms with Gasteiger partial charge in [-0.1, -0.05) is 325 Å². The predicted molar refractivity (Wildman–Crippen MR) is 377 cm³/mol. The highest BCUT2D eigenvalue weighted by Crippen LogP contribution is 2.45. The first-order valence-electron chi connectivity index (χ1n) is 38.5. The number of rotatable bonds is 72. The van der Waals surface area contributed by atoms with Gasteiger partial charge in [-0.05, 0) is 43.4 Å². The molecule has 0 aromatic carbocycles. The first-order chi connectivity index (χ1) is 44.8. The number of unbranched alkanes of at least 4 members (excludes halogenated alkanes) is 37. The monoisotopic (exact) mass is 1370 g/mol. The van der Waals surface area contributed by atoms with Crippen LogP contribution in [0.25, 0.3) is 0 Å². The molecular weight excluding hydrogens is 1220 g/mol. The minimum absolute atomic E-state index is 0.102. The zero-order chi connectivity index (χ0) is 68.7. The summed E-state index contributed by atoms with van der Waals surface area (Å²) >= 11 is 0. The predicted octanol–water partition coefficient (Wildman–Crippen LogP) is 21.4. The maximum atomic E-state index is 13.1. The number of ether oxygens (including phenoxy) is 4. The SMILES string of the molecule is CCCCCCCCCCCCCC(=O)OC[C@H](COP(=O)(O)OC[C@@H](O)COP(=O)(O)OC[C@@H](COC(=O)CCCCCCCCC(C)CC)OC(=O)CCCCCCCCC(C)CC)OC(=O)CCCCCCCCCCCCCCCCCCCCC(C)CC. The molecule has 5 unspecified atom stereocenters. The molecule has 93 heavy (non-hydrogen) atoms. The molecule has 8 atom stereocenters. The quantitative estimate of drug-likeness (QED) is 0.0222. The van der Waals surface area contributed by atoms with Crippen molar-refractivity contribution in [2.24, 2.45) is 17.8 Å². The third-order valence-corrected chi connectivity index (χ3v) is 20.1. The number of carbonyl (C=O) groups excluding carboxylic acids is 4. The van der Waals surface area contributed by atoms with Crippen LogP contribution >= 0.6 is 15.6 Å². The van der Waals surface area contributed by atoms with Crippen molar-refractivity contribution in [2.75, 3.05) is 39.6 Å². The van der Waals surface area contributed by atoms with E-state index in [4.69, 9.17) is 37.0 Å². The highest BCUT2D eigenvalue weighted by Gasteiger charge is 2.30. The molecule has 3 N–H and O–H groups in total. The van der Waals surface area contributed by atoms with E-state index < -0.39 is 97.5 Å². The Labute approximate surface area is 568 Å². The molecule has 0 saturated carbocycles. The molecule has 0 saturated heterocycles. The summed E-state index contributed by atoms with van der Waals surface area (Å²) in [5, 5.41) is 10.6. The lowest BCUT2D eigenvalue weighted by atomic mass is 9.99. The molecule has 0 spiro atoms. The number of carbonyl (C=O) groups is 4. The minimum atomic E-state index is -4.95. The smallest absolute Gasteiger partial charge is 0.462 e. The Balaban J connectivity index is 5.16. The average molecular weight is 1370 g/mol. The van der Waals surface area contributed by atoms with Gasteiger partial charge in [-0.25, -0.2) is 9.13 Å². The first-order valence-corrected chi connectivity index (χ1v) is 41.5. The Bertz CT molecular complexity index is 1820.